The van der Waals surface area contributed by atoms with Crippen LogP contribution in [0.25, 0.3) is 0 Å². The van der Waals surface area contributed by atoms with Crippen molar-refractivity contribution in [2.75, 3.05) is 0 Å². The van der Waals surface area contributed by atoms with Crippen LogP contribution >= 0.6 is 0 Å². The fraction of sp³-hybridized carbons (Fsp3) is 0.870. The molecule has 3 heteroatoms. The zero-order valence-electron chi connectivity index (χ0n) is 16.7. The summed E-state index contributed by atoms with van der Waals surface area (Å²) in [5.41, 5.74) is 1.80. The molecule has 0 heterocycles. The van der Waals surface area contributed by atoms with Gasteiger partial charge in [0.1, 0.15) is 0 Å². The molecule has 0 radical (unpaired) electrons. The van der Waals surface area contributed by atoms with Gasteiger partial charge in [-0.2, -0.15) is 0 Å². The van der Waals surface area contributed by atoms with Crippen LogP contribution in [0.2, 0.25) is 0 Å². The second-order valence-corrected chi connectivity index (χ2v) is 10.5. The largest absolute Gasteiger partial charge is 0.478 e. The first-order valence-corrected chi connectivity index (χ1v) is 10.8. The predicted octanol–water partition coefficient (Wildman–Crippen LogP) is 5.04. The van der Waals surface area contributed by atoms with E-state index in [0.717, 1.165) is 36.2 Å². The molecule has 4 saturated carbocycles. The smallest absolute Gasteiger partial charge is 0.328 e. The molecule has 4 fully saturated rings. The number of carboxylic acids is 1. The van der Waals surface area contributed by atoms with Crippen LogP contribution in [-0.2, 0) is 4.79 Å². The van der Waals surface area contributed by atoms with E-state index >= 15 is 0 Å². The highest BCUT2D eigenvalue weighted by molar-refractivity contribution is 5.80. The average molecular weight is 361 g/mol. The van der Waals surface area contributed by atoms with Crippen LogP contribution in [0.5, 0.6) is 0 Å². The molecule has 0 bridgehead atoms. The Morgan fingerprint density at radius 1 is 0.962 bits per heavy atom. The number of carbonyl (C=O) groups is 1. The second kappa shape index (κ2) is 6.36. The van der Waals surface area contributed by atoms with Crippen LogP contribution in [0.15, 0.2) is 11.6 Å². The lowest BCUT2D eigenvalue weighted by atomic mass is 9.44. The number of rotatable bonds is 2. The molecule has 0 aliphatic heterocycles. The van der Waals surface area contributed by atoms with E-state index in [1.54, 1.807) is 0 Å². The summed E-state index contributed by atoms with van der Waals surface area (Å²) in [4.78, 5) is 11.2. The van der Waals surface area contributed by atoms with Gasteiger partial charge in [-0.25, -0.2) is 4.79 Å². The molecule has 8 atom stereocenters. The molecule has 4 rings (SSSR count). The summed E-state index contributed by atoms with van der Waals surface area (Å²) in [6.07, 6.45) is 12.2. The first kappa shape index (κ1) is 18.5. The molecular formula is C23H36O3. The maximum Gasteiger partial charge on any atom is 0.328 e. The van der Waals surface area contributed by atoms with Crippen molar-refractivity contribution < 1.29 is 15.0 Å². The molecule has 0 aromatic rings. The Balaban J connectivity index is 1.59. The minimum Gasteiger partial charge on any atom is -0.478 e. The monoisotopic (exact) mass is 360 g/mol. The summed E-state index contributed by atoms with van der Waals surface area (Å²) < 4.78 is 0. The van der Waals surface area contributed by atoms with Gasteiger partial charge in [0.15, 0.2) is 0 Å². The van der Waals surface area contributed by atoms with Crippen molar-refractivity contribution in [2.24, 2.45) is 40.4 Å². The van der Waals surface area contributed by atoms with E-state index in [0.29, 0.717) is 17.3 Å². The van der Waals surface area contributed by atoms with Crippen LogP contribution in [0.3, 0.4) is 0 Å². The lowest BCUT2D eigenvalue weighted by Gasteiger charge is -2.61. The number of hydrogen-bond acceptors (Lipinski definition) is 2. The number of carboxylic acid groups (broad SMARTS) is 1. The number of allylic oxidation sites excluding steroid dienone is 1. The number of aliphatic carboxylic acids is 1. The highest BCUT2D eigenvalue weighted by atomic mass is 16.4. The number of fused-ring (bicyclic) bond motifs is 5. The molecule has 0 aromatic heterocycles. The lowest BCUT2D eigenvalue weighted by Crippen LogP contribution is -2.54. The van der Waals surface area contributed by atoms with Gasteiger partial charge in [-0.05, 0) is 105 Å². The Morgan fingerprint density at radius 2 is 1.65 bits per heavy atom. The molecule has 2 N–H and O–H groups in total. The SMILES string of the molecule is C/C(=C\C(=O)O)[C@H]1CC[C@H]2[C@@H]3CC[C@H]4C[C@@H](O)CC[C@]4(C)[C@H]3CC[C@]12C. The summed E-state index contributed by atoms with van der Waals surface area (Å²) in [5, 5.41) is 19.4. The highest BCUT2D eigenvalue weighted by Gasteiger charge is 2.60. The molecule has 0 aromatic carbocycles. The predicted molar refractivity (Wildman–Crippen MR) is 103 cm³/mol. The molecule has 146 valence electrons. The summed E-state index contributed by atoms with van der Waals surface area (Å²) in [6.45, 7) is 7.04. The van der Waals surface area contributed by atoms with Crippen molar-refractivity contribution in [3.05, 3.63) is 11.6 Å². The van der Waals surface area contributed by atoms with Gasteiger partial charge in [0, 0.05) is 6.08 Å². The summed E-state index contributed by atoms with van der Waals surface area (Å²) in [6, 6.07) is 0. The summed E-state index contributed by atoms with van der Waals surface area (Å²) in [5.74, 6) is 2.75. The van der Waals surface area contributed by atoms with E-state index in [1.165, 1.54) is 51.0 Å². The van der Waals surface area contributed by atoms with E-state index in [-0.39, 0.29) is 11.5 Å². The number of hydrogen-bond donors (Lipinski definition) is 2. The lowest BCUT2D eigenvalue weighted by molar-refractivity contribution is -0.131. The van der Waals surface area contributed by atoms with Gasteiger partial charge >= 0.3 is 5.97 Å². The Morgan fingerprint density at radius 3 is 2.38 bits per heavy atom. The van der Waals surface area contributed by atoms with Crippen LogP contribution in [0, 0.1) is 40.4 Å². The highest BCUT2D eigenvalue weighted by Crippen LogP contribution is 2.68. The zero-order valence-corrected chi connectivity index (χ0v) is 16.7. The van der Waals surface area contributed by atoms with Gasteiger partial charge in [-0.1, -0.05) is 19.4 Å². The van der Waals surface area contributed by atoms with Crippen molar-refractivity contribution in [1.82, 2.24) is 0 Å². The molecule has 4 aliphatic rings. The van der Waals surface area contributed by atoms with Gasteiger partial charge in [0.2, 0.25) is 0 Å². The summed E-state index contributed by atoms with van der Waals surface area (Å²) >= 11 is 0. The van der Waals surface area contributed by atoms with E-state index in [1.807, 2.05) is 6.92 Å². The molecule has 0 amide bonds. The minimum absolute atomic E-state index is 0.0712. The Kier molecular flexibility index (Phi) is 4.53. The van der Waals surface area contributed by atoms with Gasteiger partial charge in [0.05, 0.1) is 6.10 Å². The maximum absolute atomic E-state index is 11.2. The van der Waals surface area contributed by atoms with Crippen molar-refractivity contribution in [2.45, 2.75) is 84.7 Å². The summed E-state index contributed by atoms with van der Waals surface area (Å²) in [7, 11) is 0. The standard InChI is InChI=1S/C23H36O3/c1-14(12-21(25)26)18-6-7-19-17-5-4-15-13-16(24)8-10-22(15,2)20(17)9-11-23(18,19)3/h12,15-20,24H,4-11,13H2,1-3H3,(H,25,26)/b14-12+/t15-,16-,17-,18+,19-,20-,22-,23+/m0/s1. The Bertz CT molecular complexity index is 611. The fourth-order valence-electron chi connectivity index (χ4n) is 8.28. The second-order valence-electron chi connectivity index (χ2n) is 10.5. The van der Waals surface area contributed by atoms with Gasteiger partial charge in [-0.3, -0.25) is 0 Å². The topological polar surface area (TPSA) is 57.5 Å². The third-order valence-corrected chi connectivity index (χ3v) is 9.54. The third kappa shape index (κ3) is 2.68. The van der Waals surface area contributed by atoms with Crippen LogP contribution in [-0.4, -0.2) is 22.3 Å². The zero-order chi connectivity index (χ0) is 18.7. The van der Waals surface area contributed by atoms with E-state index in [2.05, 4.69) is 13.8 Å². The van der Waals surface area contributed by atoms with Crippen molar-refractivity contribution >= 4 is 5.97 Å². The van der Waals surface area contributed by atoms with Gasteiger partial charge in [-0.15, -0.1) is 0 Å². The van der Waals surface area contributed by atoms with E-state index < -0.39 is 5.97 Å². The molecule has 3 nitrogen and oxygen atoms in total. The number of aliphatic hydroxyl groups is 1. The molecule has 0 spiro atoms. The van der Waals surface area contributed by atoms with Crippen LogP contribution < -0.4 is 0 Å². The Labute approximate surface area is 158 Å². The van der Waals surface area contributed by atoms with Crippen molar-refractivity contribution in [3.8, 4) is 0 Å². The van der Waals surface area contributed by atoms with Crippen molar-refractivity contribution in [3.63, 3.8) is 0 Å². The van der Waals surface area contributed by atoms with Crippen LogP contribution in [0.4, 0.5) is 0 Å². The first-order chi connectivity index (χ1) is 12.3. The minimum atomic E-state index is -0.794. The molecule has 4 aliphatic carbocycles. The Hall–Kier alpha value is -0.830. The first-order valence-electron chi connectivity index (χ1n) is 10.8. The van der Waals surface area contributed by atoms with Crippen LogP contribution in [0.1, 0.15) is 78.6 Å². The quantitative estimate of drug-likeness (QED) is 0.679. The molecular weight excluding hydrogens is 324 g/mol. The molecule has 26 heavy (non-hydrogen) atoms. The third-order valence-electron chi connectivity index (χ3n) is 9.54. The number of aliphatic hydroxyl groups excluding tert-OH is 1. The van der Waals surface area contributed by atoms with Crippen molar-refractivity contribution in [1.29, 1.82) is 0 Å². The average Bonchev–Trinajstić information content (AvgIpc) is 2.92. The maximum atomic E-state index is 11.2. The van der Waals surface area contributed by atoms with E-state index in [9.17, 15) is 15.0 Å². The fourth-order valence-corrected chi connectivity index (χ4v) is 8.28. The van der Waals surface area contributed by atoms with Gasteiger partial charge < -0.3 is 10.2 Å². The van der Waals surface area contributed by atoms with Gasteiger partial charge in [0.25, 0.3) is 0 Å². The van der Waals surface area contributed by atoms with E-state index in [4.69, 9.17) is 0 Å². The normalized spacial score (nSPS) is 51.3. The molecule has 0 unspecified atom stereocenters. The molecule has 0 saturated heterocycles.